The van der Waals surface area contributed by atoms with Crippen LogP contribution in [0.25, 0.3) is 0 Å². The van der Waals surface area contributed by atoms with Gasteiger partial charge in [-0.3, -0.25) is 0 Å². The summed E-state index contributed by atoms with van der Waals surface area (Å²) >= 11 is 0. The summed E-state index contributed by atoms with van der Waals surface area (Å²) in [5, 5.41) is 28.8. The predicted octanol–water partition coefficient (Wildman–Crippen LogP) is 6.03. The zero-order valence-corrected chi connectivity index (χ0v) is 27.7. The Morgan fingerprint density at radius 1 is 0.927 bits per heavy atom. The van der Waals surface area contributed by atoms with E-state index < -0.39 is 17.8 Å². The van der Waals surface area contributed by atoms with Crippen molar-refractivity contribution in [3.05, 3.63) is 0 Å². The van der Waals surface area contributed by atoms with E-state index >= 15 is 0 Å². The first-order chi connectivity index (χ1) is 19.2. The van der Waals surface area contributed by atoms with Gasteiger partial charge in [-0.05, 0) is 123 Å². The van der Waals surface area contributed by atoms with Gasteiger partial charge in [0.25, 0.3) is 0 Å². The molecule has 7 nitrogen and oxygen atoms in total. The summed E-state index contributed by atoms with van der Waals surface area (Å²) in [4.78, 5) is 13.8. The van der Waals surface area contributed by atoms with Gasteiger partial charge < -0.3 is 29.7 Å². The number of hydrogen-bond acceptors (Lipinski definition) is 6. The molecular formula is C34H61NO6. The molecule has 8 unspecified atom stereocenters. The van der Waals surface area contributed by atoms with Crippen molar-refractivity contribution in [1.29, 1.82) is 0 Å². The van der Waals surface area contributed by atoms with Crippen molar-refractivity contribution in [2.24, 2.45) is 45.3 Å². The van der Waals surface area contributed by atoms with Gasteiger partial charge in [-0.25, -0.2) is 4.79 Å². The van der Waals surface area contributed by atoms with Crippen molar-refractivity contribution in [3.63, 3.8) is 0 Å². The maximum absolute atomic E-state index is 12.4. The monoisotopic (exact) mass is 579 g/mol. The second-order valence-electron chi connectivity index (χ2n) is 15.7. The number of aliphatic hydroxyl groups excluding tert-OH is 2. The maximum Gasteiger partial charge on any atom is 0.409 e. The minimum Gasteiger partial charge on any atom is -0.440 e. The van der Waals surface area contributed by atoms with Gasteiger partial charge in [0.05, 0.1) is 23.9 Å². The molecule has 6 aliphatic rings. The van der Waals surface area contributed by atoms with Crippen LogP contribution in [-0.2, 0) is 9.47 Å². The van der Waals surface area contributed by atoms with Crippen molar-refractivity contribution < 1.29 is 29.6 Å². The second-order valence-corrected chi connectivity index (χ2v) is 15.7. The number of carbonyl (C=O) groups is 1. The van der Waals surface area contributed by atoms with Gasteiger partial charge in [-0.1, -0.05) is 34.6 Å². The Labute approximate surface area is 249 Å². The Balaban J connectivity index is 0.000000929. The van der Waals surface area contributed by atoms with Gasteiger partial charge >= 0.3 is 6.09 Å². The van der Waals surface area contributed by atoms with Crippen LogP contribution in [0.3, 0.4) is 0 Å². The lowest BCUT2D eigenvalue weighted by Gasteiger charge is -2.59. The van der Waals surface area contributed by atoms with E-state index in [4.69, 9.17) is 14.6 Å². The topological polar surface area (TPSA) is 99.5 Å². The van der Waals surface area contributed by atoms with Crippen molar-refractivity contribution in [3.8, 4) is 0 Å². The fourth-order valence-electron chi connectivity index (χ4n) is 11.4. The highest BCUT2D eigenvalue weighted by Gasteiger charge is 2.80. The van der Waals surface area contributed by atoms with E-state index in [1.54, 1.807) is 27.9 Å². The molecule has 11 atom stereocenters. The summed E-state index contributed by atoms with van der Waals surface area (Å²) in [6.45, 7) is 14.7. The number of rotatable bonds is 3. The van der Waals surface area contributed by atoms with Crippen LogP contribution in [0.5, 0.6) is 0 Å². The molecule has 5 aliphatic carbocycles. The first-order valence-electron chi connectivity index (χ1n) is 16.6. The Morgan fingerprint density at radius 3 is 2.17 bits per heavy atom. The van der Waals surface area contributed by atoms with Crippen molar-refractivity contribution in [2.75, 3.05) is 21.2 Å². The summed E-state index contributed by atoms with van der Waals surface area (Å²) in [5.74, 6) is 2.68. The minimum atomic E-state index is -1.17. The highest BCUT2D eigenvalue weighted by atomic mass is 16.6. The Kier molecular flexibility index (Phi) is 9.04. The summed E-state index contributed by atoms with van der Waals surface area (Å²) < 4.78 is 12.6. The summed E-state index contributed by atoms with van der Waals surface area (Å²) in [7, 11) is 4.35. The first kappa shape index (κ1) is 33.0. The zero-order chi connectivity index (χ0) is 30.8. The molecule has 0 aromatic heterocycles. The number of nitrogens with zero attached hydrogens (tertiary/aromatic N) is 1. The zero-order valence-electron chi connectivity index (χ0n) is 27.7. The van der Waals surface area contributed by atoms with Crippen LogP contribution in [0.2, 0.25) is 0 Å². The molecule has 5 saturated carbocycles. The molecular weight excluding hydrogens is 518 g/mol. The molecule has 1 aliphatic heterocycles. The van der Waals surface area contributed by atoms with Crippen molar-refractivity contribution >= 4 is 6.09 Å². The molecule has 1 saturated heterocycles. The van der Waals surface area contributed by atoms with E-state index in [9.17, 15) is 15.0 Å². The third kappa shape index (κ3) is 4.88. The van der Waals surface area contributed by atoms with E-state index in [1.807, 2.05) is 13.8 Å². The van der Waals surface area contributed by atoms with Crippen LogP contribution in [0.1, 0.15) is 113 Å². The Hall–Kier alpha value is -0.890. The minimum absolute atomic E-state index is 0.0313. The number of fused-ring (bicyclic) bond motifs is 4. The molecule has 0 aromatic rings. The molecule has 1 amide bonds. The summed E-state index contributed by atoms with van der Waals surface area (Å²) in [6.07, 6.45) is 10.5. The van der Waals surface area contributed by atoms with E-state index in [2.05, 4.69) is 20.8 Å². The third-order valence-electron chi connectivity index (χ3n) is 13.2. The predicted molar refractivity (Wildman–Crippen MR) is 161 cm³/mol. The maximum atomic E-state index is 12.4. The summed E-state index contributed by atoms with van der Waals surface area (Å²) in [6, 6.07) is 0. The number of ether oxygens (including phenoxy) is 2. The normalized spacial score (nSPS) is 45.8. The molecule has 7 heteroatoms. The van der Waals surface area contributed by atoms with Crippen LogP contribution < -0.4 is 0 Å². The van der Waals surface area contributed by atoms with Gasteiger partial charge in [0.1, 0.15) is 0 Å². The highest BCUT2D eigenvalue weighted by molar-refractivity contribution is 5.67. The fourth-order valence-corrected chi connectivity index (χ4v) is 11.4. The summed E-state index contributed by atoms with van der Waals surface area (Å²) in [5.41, 5.74) is 0.129. The largest absolute Gasteiger partial charge is 0.440 e. The van der Waals surface area contributed by atoms with Crippen LogP contribution in [0, 0.1) is 45.3 Å². The SMILES string of the molecule is CC.CN(C)C(=O)O[C@@H](C1CCC2C(CC3C4CCC5C(C)(C)[C@@H](O)CCC56C[C@@]46CCC23C)O1)C(C)(C)O.CO. The van der Waals surface area contributed by atoms with E-state index in [1.165, 1.54) is 43.4 Å². The smallest absolute Gasteiger partial charge is 0.409 e. The quantitative estimate of drug-likeness (QED) is 0.378. The van der Waals surface area contributed by atoms with Crippen LogP contribution in [-0.4, -0.2) is 77.5 Å². The molecule has 0 bridgehead atoms. The molecule has 1 heterocycles. The molecule has 0 radical (unpaired) electrons. The van der Waals surface area contributed by atoms with Gasteiger partial charge in [-0.15, -0.1) is 0 Å². The highest BCUT2D eigenvalue weighted by Crippen LogP contribution is 2.87. The standard InChI is InChI=1S/C31H51NO5.C2H6.CH4O/c1-27(2)23-11-9-18-20-16-22-19(8-10-21(36-22)25(28(3,4)35)37-26(34)32(6)7)29(20,5)14-15-30(18)17-31(23,30)13-12-24(27)33;2*1-2/h18-25,33,35H,8-17H2,1-7H3;1-2H3;2H,1H3/t18?,19?,20?,21?,22?,23?,24-,25-,29?,30-,31?;;/m0../s1. The van der Waals surface area contributed by atoms with Gasteiger partial charge in [-0.2, -0.15) is 0 Å². The van der Waals surface area contributed by atoms with E-state index in [0.717, 1.165) is 38.7 Å². The molecule has 238 valence electrons. The van der Waals surface area contributed by atoms with Gasteiger partial charge in [0.15, 0.2) is 6.10 Å². The first-order valence-corrected chi connectivity index (χ1v) is 16.6. The lowest BCUT2D eigenvalue weighted by atomic mass is 9.46. The molecule has 6 rings (SSSR count). The number of amides is 1. The van der Waals surface area contributed by atoms with Crippen molar-refractivity contribution in [1.82, 2.24) is 4.90 Å². The van der Waals surface area contributed by atoms with Crippen LogP contribution in [0.4, 0.5) is 4.79 Å². The fraction of sp³-hybridized carbons (Fsp3) is 0.971. The van der Waals surface area contributed by atoms with Crippen LogP contribution in [0.15, 0.2) is 0 Å². The Morgan fingerprint density at radius 2 is 1.56 bits per heavy atom. The third-order valence-corrected chi connectivity index (χ3v) is 13.2. The van der Waals surface area contributed by atoms with Gasteiger partial charge in [0.2, 0.25) is 0 Å². The molecule has 3 N–H and O–H groups in total. The van der Waals surface area contributed by atoms with Crippen molar-refractivity contribution in [2.45, 2.75) is 143 Å². The van der Waals surface area contributed by atoms with Gasteiger partial charge in [0, 0.05) is 21.2 Å². The molecule has 2 spiro atoms. The average molecular weight is 580 g/mol. The molecule has 6 fully saturated rings. The van der Waals surface area contributed by atoms with E-state index in [0.29, 0.717) is 34.0 Å². The average Bonchev–Trinajstić information content (AvgIpc) is 3.51. The lowest BCUT2D eigenvalue weighted by molar-refractivity contribution is -0.179. The number of aliphatic hydroxyl groups is 3. The Bertz CT molecular complexity index is 946. The van der Waals surface area contributed by atoms with Crippen LogP contribution >= 0.6 is 0 Å². The number of hydrogen-bond donors (Lipinski definition) is 3. The van der Waals surface area contributed by atoms with E-state index in [-0.39, 0.29) is 23.7 Å². The molecule has 41 heavy (non-hydrogen) atoms. The lowest BCUT2D eigenvalue weighted by Crippen LogP contribution is -2.55. The second kappa shape index (κ2) is 11.2. The molecule has 0 aromatic carbocycles. The number of carbonyl (C=O) groups excluding carboxylic acids is 1.